The van der Waals surface area contributed by atoms with Crippen molar-refractivity contribution in [3.63, 3.8) is 0 Å². The average molecular weight is 214 g/mol. The first-order valence-electron chi connectivity index (χ1n) is 5.34. The summed E-state index contributed by atoms with van der Waals surface area (Å²) in [4.78, 5) is 0. The third-order valence-electron chi connectivity index (χ3n) is 2.16. The van der Waals surface area contributed by atoms with E-state index in [0.717, 1.165) is 11.1 Å². The van der Waals surface area contributed by atoms with Gasteiger partial charge in [-0.1, -0.05) is 60.7 Å². The SMILES string of the molecule is NCc1ccc(CN)cc1.c1ccccc1. The minimum atomic E-state index is 0.602. The van der Waals surface area contributed by atoms with Gasteiger partial charge in [0, 0.05) is 13.1 Å². The van der Waals surface area contributed by atoms with Crippen molar-refractivity contribution in [1.82, 2.24) is 0 Å². The lowest BCUT2D eigenvalue weighted by atomic mass is 10.1. The molecule has 16 heavy (non-hydrogen) atoms. The van der Waals surface area contributed by atoms with E-state index in [9.17, 15) is 0 Å². The normalized spacial score (nSPS) is 9.12. The fourth-order valence-electron chi connectivity index (χ4n) is 1.20. The third-order valence-corrected chi connectivity index (χ3v) is 2.16. The summed E-state index contributed by atoms with van der Waals surface area (Å²) in [6.07, 6.45) is 0. The van der Waals surface area contributed by atoms with Crippen molar-refractivity contribution in [1.29, 1.82) is 0 Å². The Morgan fingerprint density at radius 2 is 0.812 bits per heavy atom. The smallest absolute Gasteiger partial charge is 0.0178 e. The number of rotatable bonds is 2. The maximum atomic E-state index is 5.41. The van der Waals surface area contributed by atoms with Gasteiger partial charge < -0.3 is 11.5 Å². The van der Waals surface area contributed by atoms with Gasteiger partial charge in [-0.05, 0) is 11.1 Å². The maximum Gasteiger partial charge on any atom is 0.0178 e. The van der Waals surface area contributed by atoms with E-state index in [-0.39, 0.29) is 0 Å². The highest BCUT2D eigenvalue weighted by Gasteiger charge is 1.88. The van der Waals surface area contributed by atoms with Crippen molar-refractivity contribution in [3.8, 4) is 0 Å². The standard InChI is InChI=1S/C8H12N2.C6H6/c9-5-7-1-2-8(6-10)4-3-7;1-2-4-6-5-3-1/h1-4H,5-6,9-10H2;1-6H. The second-order valence-corrected chi connectivity index (χ2v) is 3.38. The topological polar surface area (TPSA) is 52.0 Å². The van der Waals surface area contributed by atoms with Crippen LogP contribution in [0.1, 0.15) is 11.1 Å². The van der Waals surface area contributed by atoms with Gasteiger partial charge in [0.25, 0.3) is 0 Å². The summed E-state index contributed by atoms with van der Waals surface area (Å²) in [7, 11) is 0. The molecule has 0 amide bonds. The Bertz CT molecular complexity index is 318. The number of hydrogen-bond donors (Lipinski definition) is 2. The van der Waals surface area contributed by atoms with Crippen molar-refractivity contribution in [2.75, 3.05) is 0 Å². The first-order valence-corrected chi connectivity index (χ1v) is 5.34. The molecule has 0 saturated carbocycles. The largest absolute Gasteiger partial charge is 0.326 e. The molecule has 0 aliphatic rings. The lowest BCUT2D eigenvalue weighted by Gasteiger charge is -1.97. The number of nitrogens with two attached hydrogens (primary N) is 2. The Morgan fingerprint density at radius 3 is 1.00 bits per heavy atom. The van der Waals surface area contributed by atoms with Gasteiger partial charge in [-0.15, -0.1) is 0 Å². The molecule has 0 saturated heterocycles. The predicted molar refractivity (Wildman–Crippen MR) is 68.7 cm³/mol. The summed E-state index contributed by atoms with van der Waals surface area (Å²) in [5.74, 6) is 0. The van der Waals surface area contributed by atoms with Gasteiger partial charge >= 0.3 is 0 Å². The molecule has 0 spiro atoms. The first kappa shape index (κ1) is 12.4. The van der Waals surface area contributed by atoms with Gasteiger partial charge in [-0.2, -0.15) is 0 Å². The number of hydrogen-bond acceptors (Lipinski definition) is 2. The van der Waals surface area contributed by atoms with Gasteiger partial charge in [0.05, 0.1) is 0 Å². The van der Waals surface area contributed by atoms with E-state index in [1.807, 2.05) is 60.7 Å². The van der Waals surface area contributed by atoms with Crippen molar-refractivity contribution < 1.29 is 0 Å². The highest BCUT2D eigenvalue weighted by molar-refractivity contribution is 5.21. The average Bonchev–Trinajstić information content (AvgIpc) is 2.41. The highest BCUT2D eigenvalue weighted by Crippen LogP contribution is 2.01. The molecule has 0 aliphatic carbocycles. The molecule has 2 aromatic carbocycles. The van der Waals surface area contributed by atoms with Crippen LogP contribution in [0.4, 0.5) is 0 Å². The van der Waals surface area contributed by atoms with Crippen LogP contribution in [0.5, 0.6) is 0 Å². The van der Waals surface area contributed by atoms with Gasteiger partial charge in [0.2, 0.25) is 0 Å². The van der Waals surface area contributed by atoms with E-state index >= 15 is 0 Å². The summed E-state index contributed by atoms with van der Waals surface area (Å²) in [5, 5.41) is 0. The molecule has 0 unspecified atom stereocenters. The number of benzene rings is 2. The van der Waals surface area contributed by atoms with Crippen molar-refractivity contribution in [2.24, 2.45) is 11.5 Å². The third kappa shape index (κ3) is 4.73. The van der Waals surface area contributed by atoms with Gasteiger partial charge in [-0.3, -0.25) is 0 Å². The Balaban J connectivity index is 0.000000181. The van der Waals surface area contributed by atoms with Gasteiger partial charge in [-0.25, -0.2) is 0 Å². The zero-order valence-corrected chi connectivity index (χ0v) is 9.34. The van der Waals surface area contributed by atoms with E-state index in [1.54, 1.807) is 0 Å². The summed E-state index contributed by atoms with van der Waals surface area (Å²) in [5.41, 5.74) is 13.1. The van der Waals surface area contributed by atoms with Crippen LogP contribution < -0.4 is 11.5 Å². The van der Waals surface area contributed by atoms with Crippen molar-refractivity contribution in [2.45, 2.75) is 13.1 Å². The second-order valence-electron chi connectivity index (χ2n) is 3.38. The van der Waals surface area contributed by atoms with Crippen LogP contribution in [-0.2, 0) is 13.1 Å². The second kappa shape index (κ2) is 7.63. The van der Waals surface area contributed by atoms with E-state index in [0.29, 0.717) is 13.1 Å². The molecule has 4 N–H and O–H groups in total. The molecule has 2 nitrogen and oxygen atoms in total. The molecule has 0 bridgehead atoms. The Morgan fingerprint density at radius 1 is 0.562 bits per heavy atom. The van der Waals surface area contributed by atoms with Crippen LogP contribution in [0, 0.1) is 0 Å². The first-order chi connectivity index (χ1) is 7.86. The van der Waals surface area contributed by atoms with Crippen molar-refractivity contribution >= 4 is 0 Å². The Hall–Kier alpha value is -1.64. The van der Waals surface area contributed by atoms with E-state index in [1.165, 1.54) is 0 Å². The van der Waals surface area contributed by atoms with Crippen LogP contribution in [0.2, 0.25) is 0 Å². The zero-order chi connectivity index (χ0) is 11.6. The minimum Gasteiger partial charge on any atom is -0.326 e. The molecule has 84 valence electrons. The molecule has 0 fully saturated rings. The summed E-state index contributed by atoms with van der Waals surface area (Å²) in [6, 6.07) is 20.0. The minimum absolute atomic E-state index is 0.602. The molecular weight excluding hydrogens is 196 g/mol. The fraction of sp³-hybridized carbons (Fsp3) is 0.143. The lowest BCUT2D eigenvalue weighted by molar-refractivity contribution is 1.04. The summed E-state index contributed by atoms with van der Waals surface area (Å²) < 4.78 is 0. The van der Waals surface area contributed by atoms with E-state index in [4.69, 9.17) is 11.5 Å². The summed E-state index contributed by atoms with van der Waals surface area (Å²) in [6.45, 7) is 1.20. The predicted octanol–water partition coefficient (Wildman–Crippen LogP) is 2.29. The molecular formula is C14H18N2. The van der Waals surface area contributed by atoms with E-state index < -0.39 is 0 Å². The molecule has 0 heterocycles. The van der Waals surface area contributed by atoms with Crippen LogP contribution in [-0.4, -0.2) is 0 Å². The van der Waals surface area contributed by atoms with E-state index in [2.05, 4.69) is 0 Å². The highest BCUT2D eigenvalue weighted by atomic mass is 14.5. The quantitative estimate of drug-likeness (QED) is 0.806. The summed E-state index contributed by atoms with van der Waals surface area (Å²) >= 11 is 0. The van der Waals surface area contributed by atoms with Crippen LogP contribution >= 0.6 is 0 Å². The molecule has 2 rings (SSSR count). The molecule has 2 heteroatoms. The van der Waals surface area contributed by atoms with Crippen LogP contribution in [0.25, 0.3) is 0 Å². The van der Waals surface area contributed by atoms with Crippen LogP contribution in [0.15, 0.2) is 60.7 Å². The Kier molecular flexibility index (Phi) is 5.92. The van der Waals surface area contributed by atoms with Crippen LogP contribution in [0.3, 0.4) is 0 Å². The molecule has 0 atom stereocenters. The lowest BCUT2D eigenvalue weighted by Crippen LogP contribution is -1.98. The molecule has 2 aromatic rings. The maximum absolute atomic E-state index is 5.41. The van der Waals surface area contributed by atoms with Crippen molar-refractivity contribution in [3.05, 3.63) is 71.8 Å². The zero-order valence-electron chi connectivity index (χ0n) is 9.34. The monoisotopic (exact) mass is 214 g/mol. The fourth-order valence-corrected chi connectivity index (χ4v) is 1.20. The molecule has 0 aromatic heterocycles. The Labute approximate surface area is 96.9 Å². The molecule has 0 radical (unpaired) electrons. The van der Waals surface area contributed by atoms with Gasteiger partial charge in [0.1, 0.15) is 0 Å². The van der Waals surface area contributed by atoms with Gasteiger partial charge in [0.15, 0.2) is 0 Å². The molecule has 0 aliphatic heterocycles.